The fourth-order valence-electron chi connectivity index (χ4n) is 1.78. The number of halogens is 1. The van der Waals surface area contributed by atoms with E-state index in [1.165, 1.54) is 11.1 Å². The first-order valence-corrected chi connectivity index (χ1v) is 6.14. The fraction of sp³-hybridized carbons (Fsp3) is 0.143. The summed E-state index contributed by atoms with van der Waals surface area (Å²) in [5.74, 6) is 0.629. The van der Waals surface area contributed by atoms with Gasteiger partial charge >= 0.3 is 7.69 Å². The first-order valence-electron chi connectivity index (χ1n) is 5.76. The van der Waals surface area contributed by atoms with E-state index in [0.29, 0.717) is 10.8 Å². The van der Waals surface area contributed by atoms with Crippen molar-refractivity contribution in [2.45, 2.75) is 13.3 Å². The van der Waals surface area contributed by atoms with Crippen LogP contribution in [-0.4, -0.2) is 12.7 Å². The Morgan fingerprint density at radius 1 is 1.17 bits per heavy atom. The zero-order chi connectivity index (χ0) is 13.0. The molecule has 0 amide bonds. The van der Waals surface area contributed by atoms with Gasteiger partial charge in [-0.1, -0.05) is 41.4 Å². The molecule has 4 heteroatoms. The highest BCUT2D eigenvalue weighted by molar-refractivity contribution is 6.31. The van der Waals surface area contributed by atoms with Gasteiger partial charge < -0.3 is 9.68 Å². The lowest BCUT2D eigenvalue weighted by atomic mass is 10.0. The summed E-state index contributed by atoms with van der Waals surface area (Å²) in [5, 5.41) is 9.45. The zero-order valence-electron chi connectivity index (χ0n) is 10.2. The molecule has 2 aromatic rings. The first-order chi connectivity index (χ1) is 8.69. The third-order valence-electron chi connectivity index (χ3n) is 2.76. The van der Waals surface area contributed by atoms with E-state index in [4.69, 9.17) is 21.3 Å². The van der Waals surface area contributed by atoms with Crippen LogP contribution in [-0.2, 0) is 6.42 Å². The molecule has 0 fully saturated rings. The second-order valence-electron chi connectivity index (χ2n) is 4.19. The SMILES string of the molecule is Cc1ccc(Cc2cc(OBO)ccc2Cl)cc1. The summed E-state index contributed by atoms with van der Waals surface area (Å²) in [6.45, 7) is 2.06. The minimum atomic E-state index is -0.328. The maximum Gasteiger partial charge on any atom is 0.504 e. The van der Waals surface area contributed by atoms with E-state index < -0.39 is 0 Å². The number of aryl methyl sites for hydroxylation is 1. The van der Waals surface area contributed by atoms with Crippen molar-refractivity contribution in [2.24, 2.45) is 0 Å². The van der Waals surface area contributed by atoms with Crippen LogP contribution >= 0.6 is 11.6 Å². The van der Waals surface area contributed by atoms with Gasteiger partial charge in [0.15, 0.2) is 0 Å². The molecule has 0 aliphatic heterocycles. The van der Waals surface area contributed by atoms with Crippen LogP contribution in [0.4, 0.5) is 0 Å². The van der Waals surface area contributed by atoms with Crippen LogP contribution in [0, 0.1) is 6.92 Å². The Hall–Kier alpha value is -1.45. The Bertz CT molecular complexity index is 526. The first kappa shape index (κ1) is 13.0. The molecule has 92 valence electrons. The molecular weight excluding hydrogens is 246 g/mol. The van der Waals surface area contributed by atoms with Gasteiger partial charge in [-0.15, -0.1) is 0 Å². The molecule has 0 radical (unpaired) electrons. The molecule has 1 N–H and O–H groups in total. The highest BCUT2D eigenvalue weighted by atomic mass is 35.5. The Balaban J connectivity index is 2.22. The summed E-state index contributed by atoms with van der Waals surface area (Å²) >= 11 is 6.16. The molecule has 0 aromatic heterocycles. The molecule has 2 rings (SSSR count). The van der Waals surface area contributed by atoms with Crippen LogP contribution in [0.5, 0.6) is 5.75 Å². The average Bonchev–Trinajstić information content (AvgIpc) is 2.36. The maximum atomic E-state index is 8.74. The van der Waals surface area contributed by atoms with Crippen LogP contribution in [0.25, 0.3) is 0 Å². The van der Waals surface area contributed by atoms with Gasteiger partial charge in [0.2, 0.25) is 0 Å². The van der Waals surface area contributed by atoms with Crippen molar-refractivity contribution in [3.05, 3.63) is 64.2 Å². The Morgan fingerprint density at radius 2 is 1.89 bits per heavy atom. The molecule has 0 aliphatic carbocycles. The molecular formula is C14H14BClO2. The smallest absolute Gasteiger partial charge is 0.504 e. The third-order valence-corrected chi connectivity index (χ3v) is 3.13. The Kier molecular flexibility index (Phi) is 4.29. The van der Waals surface area contributed by atoms with Crippen LogP contribution in [0.3, 0.4) is 0 Å². The van der Waals surface area contributed by atoms with E-state index in [9.17, 15) is 0 Å². The molecule has 2 aromatic carbocycles. The molecule has 0 atom stereocenters. The monoisotopic (exact) mass is 260 g/mol. The summed E-state index contributed by atoms with van der Waals surface area (Å²) in [7, 11) is -0.328. The predicted octanol–water partition coefficient (Wildman–Crippen LogP) is 2.88. The lowest BCUT2D eigenvalue weighted by Crippen LogP contribution is -2.00. The molecule has 0 saturated carbocycles. The molecule has 0 spiro atoms. The lowest BCUT2D eigenvalue weighted by molar-refractivity contribution is 0.453. The van der Waals surface area contributed by atoms with Crippen LogP contribution in [0.1, 0.15) is 16.7 Å². The summed E-state index contributed by atoms with van der Waals surface area (Å²) in [6.07, 6.45) is 0.752. The Morgan fingerprint density at radius 3 is 2.56 bits per heavy atom. The van der Waals surface area contributed by atoms with E-state index in [1.807, 2.05) is 6.07 Å². The molecule has 0 saturated heterocycles. The molecule has 0 bridgehead atoms. The van der Waals surface area contributed by atoms with Crippen molar-refractivity contribution < 1.29 is 9.68 Å². The highest BCUT2D eigenvalue weighted by Crippen LogP contribution is 2.24. The topological polar surface area (TPSA) is 29.5 Å². The molecule has 0 heterocycles. The maximum absolute atomic E-state index is 8.74. The number of hydrogen-bond donors (Lipinski definition) is 1. The van der Waals surface area contributed by atoms with E-state index in [0.717, 1.165) is 12.0 Å². The van der Waals surface area contributed by atoms with Crippen LogP contribution in [0.2, 0.25) is 5.02 Å². The third kappa shape index (κ3) is 3.28. The molecule has 0 aliphatic rings. The van der Waals surface area contributed by atoms with Crippen LogP contribution in [0.15, 0.2) is 42.5 Å². The van der Waals surface area contributed by atoms with E-state index in [-0.39, 0.29) is 7.69 Å². The number of benzene rings is 2. The van der Waals surface area contributed by atoms with Gasteiger partial charge in [-0.2, -0.15) is 0 Å². The van der Waals surface area contributed by atoms with Gasteiger partial charge in [0.25, 0.3) is 0 Å². The second kappa shape index (κ2) is 5.94. The van der Waals surface area contributed by atoms with Crippen molar-refractivity contribution in [1.29, 1.82) is 0 Å². The molecule has 0 unspecified atom stereocenters. The molecule has 18 heavy (non-hydrogen) atoms. The van der Waals surface area contributed by atoms with Gasteiger partial charge in [-0.3, -0.25) is 0 Å². The van der Waals surface area contributed by atoms with E-state index >= 15 is 0 Å². The van der Waals surface area contributed by atoms with Crippen molar-refractivity contribution >= 4 is 19.3 Å². The fourth-order valence-corrected chi connectivity index (χ4v) is 1.96. The van der Waals surface area contributed by atoms with Crippen molar-refractivity contribution in [1.82, 2.24) is 0 Å². The van der Waals surface area contributed by atoms with E-state index in [2.05, 4.69) is 31.2 Å². The minimum Gasteiger partial charge on any atom is -0.539 e. The number of hydrogen-bond acceptors (Lipinski definition) is 2. The van der Waals surface area contributed by atoms with Gasteiger partial charge in [0.1, 0.15) is 5.75 Å². The lowest BCUT2D eigenvalue weighted by Gasteiger charge is -2.08. The summed E-state index contributed by atoms with van der Waals surface area (Å²) in [4.78, 5) is 0. The van der Waals surface area contributed by atoms with Gasteiger partial charge in [0, 0.05) is 5.02 Å². The summed E-state index contributed by atoms with van der Waals surface area (Å²) in [6, 6.07) is 13.7. The summed E-state index contributed by atoms with van der Waals surface area (Å²) < 4.78 is 5.06. The van der Waals surface area contributed by atoms with Crippen molar-refractivity contribution in [3.8, 4) is 5.75 Å². The van der Waals surface area contributed by atoms with Crippen LogP contribution < -0.4 is 4.65 Å². The zero-order valence-corrected chi connectivity index (χ0v) is 10.9. The second-order valence-corrected chi connectivity index (χ2v) is 4.60. The van der Waals surface area contributed by atoms with E-state index in [1.54, 1.807) is 12.1 Å². The quantitative estimate of drug-likeness (QED) is 0.857. The van der Waals surface area contributed by atoms with Crippen molar-refractivity contribution in [2.75, 3.05) is 0 Å². The Labute approximate surface area is 112 Å². The standard InChI is InChI=1S/C14H14BClO2/c1-10-2-4-11(5-3-10)8-12-9-13(18-15-17)6-7-14(12)16/h2-7,9,15,17H,8H2,1H3. The predicted molar refractivity (Wildman–Crippen MR) is 75.4 cm³/mol. The highest BCUT2D eigenvalue weighted by Gasteiger charge is 2.04. The van der Waals surface area contributed by atoms with Gasteiger partial charge in [0.05, 0.1) is 0 Å². The minimum absolute atomic E-state index is 0.328. The van der Waals surface area contributed by atoms with Gasteiger partial charge in [-0.05, 0) is 42.7 Å². The van der Waals surface area contributed by atoms with Crippen molar-refractivity contribution in [3.63, 3.8) is 0 Å². The molecule has 2 nitrogen and oxygen atoms in total. The summed E-state index contributed by atoms with van der Waals surface area (Å²) in [5.41, 5.74) is 3.43. The van der Waals surface area contributed by atoms with Gasteiger partial charge in [-0.25, -0.2) is 0 Å². The average molecular weight is 261 g/mol. The largest absolute Gasteiger partial charge is 0.539 e. The number of rotatable bonds is 4. The normalized spacial score (nSPS) is 10.2.